The van der Waals surface area contributed by atoms with Crippen LogP contribution in [-0.2, 0) is 18.4 Å². The highest BCUT2D eigenvalue weighted by Crippen LogP contribution is 2.24. The summed E-state index contributed by atoms with van der Waals surface area (Å²) in [7, 11) is 1.77. The molecule has 2 aromatic heterocycles. The van der Waals surface area contributed by atoms with Crippen molar-refractivity contribution in [3.63, 3.8) is 0 Å². The lowest BCUT2D eigenvalue weighted by Crippen LogP contribution is -2.41. The number of amides is 1. The van der Waals surface area contributed by atoms with Crippen molar-refractivity contribution in [2.45, 2.75) is 27.3 Å². The molecule has 0 aliphatic carbocycles. The van der Waals surface area contributed by atoms with Gasteiger partial charge >= 0.3 is 5.69 Å². The second kappa shape index (κ2) is 8.82. The van der Waals surface area contributed by atoms with Crippen molar-refractivity contribution < 1.29 is 9.53 Å². The molecule has 2 aromatic carbocycles. The van der Waals surface area contributed by atoms with Gasteiger partial charge in [-0.05, 0) is 56.7 Å². The van der Waals surface area contributed by atoms with Crippen molar-refractivity contribution in [2.75, 3.05) is 11.9 Å². The van der Waals surface area contributed by atoms with Crippen LogP contribution in [0.1, 0.15) is 18.2 Å². The fourth-order valence-corrected chi connectivity index (χ4v) is 3.92. The van der Waals surface area contributed by atoms with Crippen molar-refractivity contribution in [3.05, 3.63) is 86.7 Å². The lowest BCUT2D eigenvalue weighted by molar-refractivity contribution is -0.116. The molecular weight excluding hydrogens is 420 g/mol. The van der Waals surface area contributed by atoms with Gasteiger partial charge in [-0.3, -0.25) is 14.2 Å². The summed E-state index contributed by atoms with van der Waals surface area (Å²) in [6.45, 7) is 5.80. The van der Waals surface area contributed by atoms with Gasteiger partial charge in [0, 0.05) is 12.7 Å². The maximum Gasteiger partial charge on any atom is 0.336 e. The number of nitrogens with zero attached hydrogens (tertiary/aromatic N) is 3. The molecule has 170 valence electrons. The van der Waals surface area contributed by atoms with E-state index in [4.69, 9.17) is 4.74 Å². The summed E-state index contributed by atoms with van der Waals surface area (Å²) >= 11 is 0. The lowest BCUT2D eigenvalue weighted by atomic mass is 10.2. The second-order valence-electron chi connectivity index (χ2n) is 7.90. The fraction of sp³-hybridized carbons (Fsp3) is 0.240. The van der Waals surface area contributed by atoms with E-state index in [1.807, 2.05) is 32.9 Å². The van der Waals surface area contributed by atoms with Gasteiger partial charge in [0.2, 0.25) is 5.91 Å². The van der Waals surface area contributed by atoms with Crippen LogP contribution in [0, 0.1) is 13.8 Å². The molecule has 0 spiro atoms. The number of para-hydroxylation sites is 2. The van der Waals surface area contributed by atoms with Gasteiger partial charge in [0.15, 0.2) is 0 Å². The van der Waals surface area contributed by atoms with Crippen LogP contribution in [0.25, 0.3) is 16.7 Å². The van der Waals surface area contributed by atoms with Crippen LogP contribution in [-0.4, -0.2) is 26.2 Å². The molecule has 0 radical (unpaired) electrons. The van der Waals surface area contributed by atoms with E-state index >= 15 is 0 Å². The van der Waals surface area contributed by atoms with E-state index in [-0.39, 0.29) is 6.54 Å². The number of carbonyl (C=O) groups excluding carboxylic acids is 1. The first-order valence-electron chi connectivity index (χ1n) is 10.7. The molecule has 33 heavy (non-hydrogen) atoms. The van der Waals surface area contributed by atoms with Crippen LogP contribution in [0.15, 0.2) is 64.2 Å². The van der Waals surface area contributed by atoms with E-state index < -0.39 is 17.2 Å². The van der Waals surface area contributed by atoms with Crippen molar-refractivity contribution >= 4 is 22.6 Å². The first-order chi connectivity index (χ1) is 15.8. The summed E-state index contributed by atoms with van der Waals surface area (Å²) in [4.78, 5) is 39.9. The number of anilines is 1. The summed E-state index contributed by atoms with van der Waals surface area (Å²) < 4.78 is 9.77. The minimum absolute atomic E-state index is 0.259. The summed E-state index contributed by atoms with van der Waals surface area (Å²) in [5.74, 6) is 0.146. The van der Waals surface area contributed by atoms with Gasteiger partial charge < -0.3 is 14.6 Å². The molecule has 1 amide bonds. The number of aryl methyl sites for hydroxylation is 3. The van der Waals surface area contributed by atoms with Crippen LogP contribution >= 0.6 is 0 Å². The molecule has 8 nitrogen and oxygen atoms in total. The van der Waals surface area contributed by atoms with Gasteiger partial charge in [-0.25, -0.2) is 9.36 Å². The predicted octanol–water partition coefficient (Wildman–Crippen LogP) is 3.15. The van der Waals surface area contributed by atoms with Crippen LogP contribution in [0.3, 0.4) is 0 Å². The Balaban J connectivity index is 1.84. The zero-order valence-electron chi connectivity index (χ0n) is 19.1. The minimum Gasteiger partial charge on any atom is -0.492 e. The van der Waals surface area contributed by atoms with Crippen molar-refractivity contribution in [3.8, 4) is 11.4 Å². The predicted molar refractivity (Wildman–Crippen MR) is 128 cm³/mol. The molecule has 0 bridgehead atoms. The Morgan fingerprint density at radius 1 is 1.03 bits per heavy atom. The topological polar surface area (TPSA) is 87.3 Å². The number of carbonyl (C=O) groups is 1. The van der Waals surface area contributed by atoms with Crippen LogP contribution in [0.2, 0.25) is 0 Å². The third kappa shape index (κ3) is 4.07. The normalized spacial score (nSPS) is 11.0. The van der Waals surface area contributed by atoms with E-state index in [0.717, 1.165) is 15.8 Å². The number of ether oxygens (including phenoxy) is 1. The minimum atomic E-state index is -0.572. The Kier molecular flexibility index (Phi) is 5.91. The second-order valence-corrected chi connectivity index (χ2v) is 7.90. The average molecular weight is 447 g/mol. The maximum absolute atomic E-state index is 13.5. The maximum atomic E-state index is 13.5. The molecule has 0 fully saturated rings. The molecule has 8 heteroatoms. The fourth-order valence-electron chi connectivity index (χ4n) is 3.92. The van der Waals surface area contributed by atoms with Gasteiger partial charge in [-0.15, -0.1) is 0 Å². The molecule has 1 N–H and O–H groups in total. The van der Waals surface area contributed by atoms with E-state index in [1.165, 1.54) is 4.57 Å². The van der Waals surface area contributed by atoms with E-state index in [2.05, 4.69) is 5.32 Å². The zero-order chi connectivity index (χ0) is 23.7. The molecular formula is C25H26N4O4. The molecule has 4 aromatic rings. The summed E-state index contributed by atoms with van der Waals surface area (Å²) in [6, 6.07) is 16.0. The Morgan fingerprint density at radius 3 is 2.52 bits per heavy atom. The molecule has 0 aliphatic heterocycles. The van der Waals surface area contributed by atoms with Gasteiger partial charge in [0.25, 0.3) is 5.56 Å². The van der Waals surface area contributed by atoms with Crippen LogP contribution < -0.4 is 21.3 Å². The van der Waals surface area contributed by atoms with Crippen molar-refractivity contribution in [1.29, 1.82) is 0 Å². The smallest absolute Gasteiger partial charge is 0.336 e. The Hall–Kier alpha value is -4.07. The zero-order valence-corrected chi connectivity index (χ0v) is 19.1. The third-order valence-electron chi connectivity index (χ3n) is 5.59. The molecule has 4 rings (SSSR count). The Labute approximate surface area is 190 Å². The number of nitrogens with one attached hydrogen (secondary N) is 1. The average Bonchev–Trinajstić information content (AvgIpc) is 3.07. The number of hydrogen-bond acceptors (Lipinski definition) is 4. The third-order valence-corrected chi connectivity index (χ3v) is 5.59. The Morgan fingerprint density at radius 2 is 1.79 bits per heavy atom. The lowest BCUT2D eigenvalue weighted by Gasteiger charge is -2.14. The van der Waals surface area contributed by atoms with Crippen LogP contribution in [0.4, 0.5) is 5.69 Å². The van der Waals surface area contributed by atoms with Crippen molar-refractivity contribution in [1.82, 2.24) is 13.7 Å². The molecule has 0 aliphatic rings. The van der Waals surface area contributed by atoms with E-state index in [9.17, 15) is 14.4 Å². The van der Waals surface area contributed by atoms with Gasteiger partial charge in [-0.1, -0.05) is 24.3 Å². The number of hydrogen-bond donors (Lipinski definition) is 1. The highest BCUT2D eigenvalue weighted by atomic mass is 16.5. The quantitative estimate of drug-likeness (QED) is 0.493. The largest absolute Gasteiger partial charge is 0.492 e. The van der Waals surface area contributed by atoms with Gasteiger partial charge in [-0.2, -0.15) is 0 Å². The van der Waals surface area contributed by atoms with Crippen molar-refractivity contribution in [2.24, 2.45) is 7.05 Å². The van der Waals surface area contributed by atoms with Gasteiger partial charge in [0.1, 0.15) is 17.8 Å². The van der Waals surface area contributed by atoms with Crippen LogP contribution in [0.5, 0.6) is 5.75 Å². The monoisotopic (exact) mass is 446 g/mol. The summed E-state index contributed by atoms with van der Waals surface area (Å²) in [5.41, 5.74) is 2.48. The first kappa shape index (κ1) is 22.1. The highest BCUT2D eigenvalue weighted by molar-refractivity contribution is 5.93. The molecule has 0 saturated heterocycles. The summed E-state index contributed by atoms with van der Waals surface area (Å²) in [6.07, 6.45) is 0. The SMILES string of the molecule is CCOc1ccccc1NC(=O)Cn1c(=O)n(-c2cccc(C)c2)c(=O)c2c1cc(C)n2C. The summed E-state index contributed by atoms with van der Waals surface area (Å²) in [5, 5.41) is 2.82. The molecule has 0 unspecified atom stereocenters. The molecule has 2 heterocycles. The number of benzene rings is 2. The first-order valence-corrected chi connectivity index (χ1v) is 10.7. The molecule has 0 saturated carbocycles. The highest BCUT2D eigenvalue weighted by Gasteiger charge is 2.20. The van der Waals surface area contributed by atoms with E-state index in [0.29, 0.717) is 34.8 Å². The standard InChI is InChI=1S/C25H26N4O4/c1-5-33-21-12-7-6-11-19(21)26-22(30)15-28-20-14-17(3)27(4)23(20)24(31)29(25(28)32)18-10-8-9-16(2)13-18/h6-14H,5,15H2,1-4H3,(H,26,30). The number of rotatable bonds is 6. The Bertz CT molecular complexity index is 1480. The van der Waals surface area contributed by atoms with Gasteiger partial charge in [0.05, 0.1) is 23.5 Å². The van der Waals surface area contributed by atoms with E-state index in [1.54, 1.807) is 54.1 Å². The molecule has 0 atom stereocenters. The number of fused-ring (bicyclic) bond motifs is 1. The number of aromatic nitrogens is 3.